The Morgan fingerprint density at radius 1 is 0.565 bits per heavy atom. The van der Waals surface area contributed by atoms with Crippen LogP contribution in [0.4, 0.5) is 0 Å². The summed E-state index contributed by atoms with van der Waals surface area (Å²) in [7, 11) is 0. The van der Waals surface area contributed by atoms with Crippen LogP contribution in [0.5, 0.6) is 0 Å². The Labute approximate surface area is 404 Å². The van der Waals surface area contributed by atoms with Crippen molar-refractivity contribution in [2.24, 2.45) is 5.73 Å². The van der Waals surface area contributed by atoms with Gasteiger partial charge in [0, 0.05) is 50.1 Å². The van der Waals surface area contributed by atoms with Gasteiger partial charge >= 0.3 is 11.9 Å². The number of carbonyl (C=O) groups is 2. The molecule has 4 unspecified atom stereocenters. The minimum Gasteiger partial charge on any atom is -0.459 e. The van der Waals surface area contributed by atoms with E-state index < -0.39 is 55.5 Å². The molecule has 1 heterocycles. The Morgan fingerprint density at radius 2 is 0.935 bits per heavy atom. The van der Waals surface area contributed by atoms with Crippen molar-refractivity contribution in [2.45, 2.75) is 271 Å². The number of aliphatic hydroxyl groups excluding tert-OH is 3. The highest BCUT2D eigenvalue weighted by atomic mass is 128. The summed E-state index contributed by atoms with van der Waals surface area (Å²) in [5, 5.41) is 29.4. The lowest BCUT2D eigenvalue weighted by Gasteiger charge is -2.41. The van der Waals surface area contributed by atoms with Gasteiger partial charge in [-0.15, -0.1) is 0 Å². The molecule has 1 fully saturated rings. The number of halogens is 2. The summed E-state index contributed by atoms with van der Waals surface area (Å²) in [4.78, 5) is 24.2. The molecule has 0 bridgehead atoms. The van der Waals surface area contributed by atoms with E-state index >= 15 is 0 Å². The molecule has 0 aromatic rings. The lowest BCUT2D eigenvalue weighted by molar-refractivity contribution is -0.309. The smallest absolute Gasteiger partial charge is 0.308 e. The van der Waals surface area contributed by atoms with E-state index in [4.69, 9.17) is 24.7 Å². The molecule has 1 rings (SSSR count). The van der Waals surface area contributed by atoms with E-state index in [1.807, 2.05) is 0 Å². The van der Waals surface area contributed by atoms with Gasteiger partial charge in [-0.25, -0.2) is 0 Å². The van der Waals surface area contributed by atoms with E-state index in [0.29, 0.717) is 12.8 Å². The molecule has 1 aliphatic heterocycles. The maximum atomic E-state index is 12.2. The lowest BCUT2D eigenvalue weighted by atomic mass is 9.98. The van der Waals surface area contributed by atoms with Gasteiger partial charge in [0.05, 0.1) is 12.6 Å². The second-order valence-corrected chi connectivity index (χ2v) is 16.5. The van der Waals surface area contributed by atoms with Crippen molar-refractivity contribution in [1.82, 2.24) is 0 Å². The number of aliphatic hydroxyl groups is 3. The van der Waals surface area contributed by atoms with Crippen molar-refractivity contribution in [3.63, 3.8) is 0 Å². The minimum atomic E-state index is -1.42. The van der Waals surface area contributed by atoms with Crippen molar-refractivity contribution in [2.75, 3.05) is 13.2 Å². The first-order chi connectivity index (χ1) is 30.2. The quantitative estimate of drug-likeness (QED) is 0.0156. The first kappa shape index (κ1) is 65.9. The molecule has 0 spiro atoms. The van der Waals surface area contributed by atoms with E-state index in [1.165, 1.54) is 128 Å². The summed E-state index contributed by atoms with van der Waals surface area (Å²) in [5.74, 6) is -0.958. The summed E-state index contributed by atoms with van der Waals surface area (Å²) in [6.45, 7) is 12.3. The van der Waals surface area contributed by atoms with E-state index in [2.05, 4.69) is 103 Å². The molecule has 0 amide bonds. The molecule has 10 nitrogen and oxygen atoms in total. The number of ether oxygens (including phenoxy) is 4. The van der Waals surface area contributed by atoms with Crippen molar-refractivity contribution in [1.29, 1.82) is 0 Å². The molecular formula is C50H97I2NO9. The van der Waals surface area contributed by atoms with Crippen molar-refractivity contribution >= 4 is 49.2 Å². The molecule has 0 aromatic heterocycles. The fourth-order valence-corrected chi connectivity index (χ4v) is 6.51. The van der Waals surface area contributed by atoms with E-state index in [1.54, 1.807) is 0 Å². The average molecular weight is 1110 g/mol. The van der Waals surface area contributed by atoms with Crippen LogP contribution in [0.2, 0.25) is 0 Å². The number of rotatable bonds is 36. The molecule has 0 aromatic carbocycles. The monoisotopic (exact) mass is 1110 g/mol. The summed E-state index contributed by atoms with van der Waals surface area (Å²) >= 11 is 4.24. The normalized spacial score (nSPS) is 18.9. The Balaban J connectivity index is -0.000000959. The van der Waals surface area contributed by atoms with Crippen molar-refractivity contribution < 1.29 is 43.9 Å². The molecule has 1 aliphatic rings. The van der Waals surface area contributed by atoms with Gasteiger partial charge in [-0.2, -0.15) is 0 Å². The minimum absolute atomic E-state index is 0.184. The molecule has 0 aliphatic carbocycles. The van der Waals surface area contributed by atoms with Gasteiger partial charge in [0.2, 0.25) is 6.29 Å². The van der Waals surface area contributed by atoms with Gasteiger partial charge in [-0.1, -0.05) is 194 Å². The molecule has 0 saturated carbocycles. The summed E-state index contributed by atoms with van der Waals surface area (Å²) in [6, 6.07) is -1.16. The largest absolute Gasteiger partial charge is 0.459 e. The number of allylic oxidation sites excluding steroid dienone is 4. The molecule has 370 valence electrons. The standard InChI is InChI=1S/C22H41NO9.2C14H28.I2/c1-3-5-7-9-11-16(25)29-14-18(31-17(26)12-10-8-6-4-2)32-22-19(23)21(28)20(27)15(13-24)30-22;2*1-3-5-7-9-11-13-14-12-10-8-6-4-2;1-2/h15,18-22,24,27-28H,3-14,23H2,1-2H3;2*9,11H,3-8,10,12-14H2,1-2H3;/b;2*11-9-;/t15?,18?,19?,20-,21?,22+;;;/m1.../s1. The van der Waals surface area contributed by atoms with Gasteiger partial charge in [-0.3, -0.25) is 9.59 Å². The second kappa shape index (κ2) is 53.3. The number of unbranched alkanes of at least 4 members (excludes halogenated alkanes) is 22. The third-order valence-corrected chi connectivity index (χ3v) is 10.6. The SMILES string of the molecule is CCCC/C=C\CCCCCCCC.CCCC/C=C\CCCCCCCC.CCCCCCC(=O)OCC(OC(=O)CCCCCC)O[C@@H]1OC(CO)[C@@H](O)C(O)C1N.II. The number of hydrogen-bond donors (Lipinski definition) is 4. The van der Waals surface area contributed by atoms with Gasteiger partial charge in [-0.05, 0) is 51.4 Å². The molecule has 1 saturated heterocycles. The highest BCUT2D eigenvalue weighted by Crippen LogP contribution is 2.23. The van der Waals surface area contributed by atoms with E-state index in [0.717, 1.165) is 38.5 Å². The van der Waals surface area contributed by atoms with Crippen LogP contribution in [-0.2, 0) is 28.5 Å². The molecule has 62 heavy (non-hydrogen) atoms. The fourth-order valence-electron chi connectivity index (χ4n) is 6.51. The third kappa shape index (κ3) is 43.5. The molecule has 6 atom stereocenters. The van der Waals surface area contributed by atoms with Crippen LogP contribution in [0.1, 0.15) is 234 Å². The maximum absolute atomic E-state index is 12.2. The molecular weight excluding hydrogens is 1010 g/mol. The van der Waals surface area contributed by atoms with Crippen LogP contribution in [0.25, 0.3) is 0 Å². The highest BCUT2D eigenvalue weighted by molar-refractivity contribution is 15.0. The van der Waals surface area contributed by atoms with Gasteiger partial charge in [0.15, 0.2) is 12.9 Å². The summed E-state index contributed by atoms with van der Waals surface area (Å²) in [6.07, 6.45) is 38.2. The zero-order valence-electron chi connectivity index (χ0n) is 40.5. The zero-order chi connectivity index (χ0) is 46.9. The summed E-state index contributed by atoms with van der Waals surface area (Å²) < 4.78 is 21.5. The Bertz CT molecular complexity index is 958. The fraction of sp³-hybridized carbons (Fsp3) is 0.880. The van der Waals surface area contributed by atoms with Gasteiger partial charge in [0.25, 0.3) is 0 Å². The van der Waals surface area contributed by atoms with Crippen LogP contribution in [-0.4, -0.2) is 77.4 Å². The van der Waals surface area contributed by atoms with Gasteiger partial charge < -0.3 is 40.0 Å². The second-order valence-electron chi connectivity index (χ2n) is 16.5. The topological polar surface area (TPSA) is 158 Å². The van der Waals surface area contributed by atoms with Gasteiger partial charge in [0.1, 0.15) is 18.3 Å². The van der Waals surface area contributed by atoms with Crippen LogP contribution in [0.15, 0.2) is 24.3 Å². The Kier molecular flexibility index (Phi) is 56.6. The van der Waals surface area contributed by atoms with Crippen molar-refractivity contribution in [3.05, 3.63) is 24.3 Å². The Morgan fingerprint density at radius 3 is 1.35 bits per heavy atom. The third-order valence-electron chi connectivity index (χ3n) is 10.6. The van der Waals surface area contributed by atoms with Crippen LogP contribution in [0, 0.1) is 0 Å². The van der Waals surface area contributed by atoms with E-state index in [9.17, 15) is 24.9 Å². The predicted molar refractivity (Wildman–Crippen MR) is 277 cm³/mol. The lowest BCUT2D eigenvalue weighted by Crippen LogP contribution is -2.63. The maximum Gasteiger partial charge on any atom is 0.308 e. The average Bonchev–Trinajstić information content (AvgIpc) is 3.28. The highest BCUT2D eigenvalue weighted by Gasteiger charge is 2.44. The van der Waals surface area contributed by atoms with Crippen LogP contribution >= 0.6 is 37.2 Å². The first-order valence-corrected chi connectivity index (χ1v) is 31.3. The number of esters is 2. The summed E-state index contributed by atoms with van der Waals surface area (Å²) in [5.41, 5.74) is 5.88. The number of hydrogen-bond acceptors (Lipinski definition) is 10. The molecule has 5 N–H and O–H groups in total. The number of carbonyl (C=O) groups excluding carboxylic acids is 2. The Hall–Kier alpha value is -0.360. The zero-order valence-corrected chi connectivity index (χ0v) is 44.8. The van der Waals surface area contributed by atoms with Crippen LogP contribution < -0.4 is 5.73 Å². The molecule has 0 radical (unpaired) electrons. The van der Waals surface area contributed by atoms with Crippen molar-refractivity contribution in [3.8, 4) is 0 Å². The van der Waals surface area contributed by atoms with Crippen LogP contribution in [0.3, 0.4) is 0 Å². The van der Waals surface area contributed by atoms with E-state index in [-0.39, 0.29) is 19.4 Å². The predicted octanol–water partition coefficient (Wildman–Crippen LogP) is 13.9. The first-order valence-electron chi connectivity index (χ1n) is 25.0. The molecule has 12 heteroatoms. The number of nitrogens with two attached hydrogens (primary N) is 1.